The van der Waals surface area contributed by atoms with E-state index in [1.54, 1.807) is 28.8 Å². The molecule has 7 heteroatoms. The standard InChI is InChI=1S/C19H17N3O4/c23-11-17-20-15-7-3-4-8-16(15)21(17)9-12(24)10-22-18(25)13-5-1-2-6-14(13)19(22)26/h1-8,12,23-24H,9-11H2. The first-order valence-electron chi connectivity index (χ1n) is 8.28. The minimum absolute atomic E-state index is 0.115. The Bertz CT molecular complexity index is 976. The largest absolute Gasteiger partial charge is 0.389 e. The lowest BCUT2D eigenvalue weighted by Gasteiger charge is -2.20. The van der Waals surface area contributed by atoms with Crippen molar-refractivity contribution in [2.75, 3.05) is 6.54 Å². The second-order valence-electron chi connectivity index (χ2n) is 6.21. The van der Waals surface area contributed by atoms with Crippen LogP contribution in [0.15, 0.2) is 48.5 Å². The van der Waals surface area contributed by atoms with Crippen molar-refractivity contribution in [1.29, 1.82) is 0 Å². The van der Waals surface area contributed by atoms with E-state index in [0.717, 1.165) is 10.4 Å². The highest BCUT2D eigenvalue weighted by Crippen LogP contribution is 2.23. The van der Waals surface area contributed by atoms with Crippen LogP contribution in [-0.2, 0) is 13.2 Å². The van der Waals surface area contributed by atoms with Gasteiger partial charge >= 0.3 is 0 Å². The second kappa shape index (κ2) is 6.36. The van der Waals surface area contributed by atoms with Crippen LogP contribution < -0.4 is 0 Å². The summed E-state index contributed by atoms with van der Waals surface area (Å²) in [7, 11) is 0. The Morgan fingerprint density at radius 3 is 2.19 bits per heavy atom. The highest BCUT2D eigenvalue weighted by Gasteiger charge is 2.36. The van der Waals surface area contributed by atoms with Crippen LogP contribution in [0.2, 0.25) is 0 Å². The molecule has 2 amide bonds. The Hall–Kier alpha value is -3.03. The van der Waals surface area contributed by atoms with Gasteiger partial charge in [-0.05, 0) is 24.3 Å². The number of nitrogens with zero attached hydrogens (tertiary/aromatic N) is 3. The van der Waals surface area contributed by atoms with Crippen molar-refractivity contribution in [2.45, 2.75) is 19.3 Å². The predicted molar refractivity (Wildman–Crippen MR) is 93.5 cm³/mol. The van der Waals surface area contributed by atoms with Crippen LogP contribution in [0, 0.1) is 0 Å². The summed E-state index contributed by atoms with van der Waals surface area (Å²) in [5.41, 5.74) is 2.20. The number of amides is 2. The number of fused-ring (bicyclic) bond motifs is 2. The minimum Gasteiger partial charge on any atom is -0.389 e. The number of carbonyl (C=O) groups excluding carboxylic acids is 2. The Balaban J connectivity index is 1.56. The number of imide groups is 1. The molecule has 1 unspecified atom stereocenters. The molecule has 132 valence electrons. The van der Waals surface area contributed by atoms with Crippen LogP contribution in [0.1, 0.15) is 26.5 Å². The van der Waals surface area contributed by atoms with Crippen molar-refractivity contribution in [3.8, 4) is 0 Å². The van der Waals surface area contributed by atoms with Crippen molar-refractivity contribution in [2.24, 2.45) is 0 Å². The summed E-state index contributed by atoms with van der Waals surface area (Å²) in [5, 5.41) is 20.0. The molecular weight excluding hydrogens is 334 g/mol. The molecule has 1 aromatic heterocycles. The fourth-order valence-electron chi connectivity index (χ4n) is 3.33. The average Bonchev–Trinajstić information content (AvgIpc) is 3.13. The van der Waals surface area contributed by atoms with Gasteiger partial charge in [0.2, 0.25) is 0 Å². The molecule has 0 radical (unpaired) electrons. The summed E-state index contributed by atoms with van der Waals surface area (Å²) in [5.74, 6) is -0.377. The fraction of sp³-hybridized carbons (Fsp3) is 0.211. The van der Waals surface area contributed by atoms with Crippen LogP contribution in [0.25, 0.3) is 11.0 Å². The van der Waals surface area contributed by atoms with Gasteiger partial charge < -0.3 is 14.8 Å². The maximum absolute atomic E-state index is 12.4. The van der Waals surface area contributed by atoms with Crippen LogP contribution in [-0.4, -0.2) is 49.1 Å². The van der Waals surface area contributed by atoms with Gasteiger partial charge in [0.15, 0.2) is 0 Å². The molecule has 0 saturated carbocycles. The number of aromatic nitrogens is 2. The van der Waals surface area contributed by atoms with Crippen LogP contribution in [0.3, 0.4) is 0 Å². The number of rotatable bonds is 5. The highest BCUT2D eigenvalue weighted by molar-refractivity contribution is 6.21. The van der Waals surface area contributed by atoms with Crippen LogP contribution >= 0.6 is 0 Å². The van der Waals surface area contributed by atoms with Gasteiger partial charge in [-0.1, -0.05) is 24.3 Å². The zero-order valence-electron chi connectivity index (χ0n) is 13.9. The number of aliphatic hydroxyl groups is 2. The molecule has 4 rings (SSSR count). The molecule has 0 spiro atoms. The van der Waals surface area contributed by atoms with Gasteiger partial charge in [0, 0.05) is 0 Å². The number of hydrogen-bond acceptors (Lipinski definition) is 5. The van der Waals surface area contributed by atoms with Crippen LogP contribution in [0.4, 0.5) is 0 Å². The SMILES string of the molecule is O=C1c2ccccc2C(=O)N1CC(O)Cn1c(CO)nc2ccccc21. The first kappa shape index (κ1) is 16.4. The summed E-state index contributed by atoms with van der Waals surface area (Å²) in [6.45, 7) is -0.276. The fourth-order valence-corrected chi connectivity index (χ4v) is 3.33. The molecular formula is C19H17N3O4. The van der Waals surface area contributed by atoms with E-state index >= 15 is 0 Å². The number of carbonyl (C=O) groups is 2. The second-order valence-corrected chi connectivity index (χ2v) is 6.21. The molecule has 26 heavy (non-hydrogen) atoms. The topological polar surface area (TPSA) is 95.7 Å². The maximum atomic E-state index is 12.4. The first-order valence-corrected chi connectivity index (χ1v) is 8.28. The third kappa shape index (κ3) is 2.58. The summed E-state index contributed by atoms with van der Waals surface area (Å²) in [6, 6.07) is 14.0. The van der Waals surface area contributed by atoms with Crippen molar-refractivity contribution < 1.29 is 19.8 Å². The van der Waals surface area contributed by atoms with Crippen LogP contribution in [0.5, 0.6) is 0 Å². The van der Waals surface area contributed by atoms with Gasteiger partial charge in [0.05, 0.1) is 41.4 Å². The highest BCUT2D eigenvalue weighted by atomic mass is 16.3. The Kier molecular flexibility index (Phi) is 4.02. The molecule has 2 aromatic carbocycles. The van der Waals surface area contributed by atoms with Gasteiger partial charge in [0.25, 0.3) is 11.8 Å². The number of para-hydroxylation sites is 2. The molecule has 2 N–H and O–H groups in total. The van der Waals surface area contributed by atoms with Crippen molar-refractivity contribution >= 4 is 22.8 Å². The van der Waals surface area contributed by atoms with E-state index in [1.807, 2.05) is 24.3 Å². The van der Waals surface area contributed by atoms with Gasteiger partial charge in [-0.25, -0.2) is 4.98 Å². The molecule has 3 aromatic rings. The predicted octanol–water partition coefficient (Wildman–Crippen LogP) is 1.19. The summed E-state index contributed by atoms with van der Waals surface area (Å²) < 4.78 is 1.71. The van der Waals surface area contributed by atoms with E-state index in [0.29, 0.717) is 22.5 Å². The van der Waals surface area contributed by atoms with Crippen molar-refractivity contribution in [3.63, 3.8) is 0 Å². The number of β-amino-alcohol motifs (C(OH)–C–C–N with tert-alkyl or cyclic N) is 1. The molecule has 1 aliphatic heterocycles. The molecule has 0 fully saturated rings. The number of imidazole rings is 1. The van der Waals surface area contributed by atoms with Crippen molar-refractivity contribution in [3.05, 3.63) is 65.5 Å². The monoisotopic (exact) mass is 351 g/mol. The smallest absolute Gasteiger partial charge is 0.261 e. The maximum Gasteiger partial charge on any atom is 0.261 e. The summed E-state index contributed by atoms with van der Waals surface area (Å²) in [6.07, 6.45) is -0.986. The quantitative estimate of drug-likeness (QED) is 0.673. The lowest BCUT2D eigenvalue weighted by Crippen LogP contribution is -2.38. The Labute approximate surface area is 149 Å². The molecule has 7 nitrogen and oxygen atoms in total. The number of hydrogen-bond donors (Lipinski definition) is 2. The van der Waals surface area contributed by atoms with E-state index < -0.39 is 17.9 Å². The Morgan fingerprint density at radius 2 is 1.54 bits per heavy atom. The molecule has 1 aliphatic rings. The third-order valence-electron chi connectivity index (χ3n) is 4.54. The first-order chi connectivity index (χ1) is 12.6. The van der Waals surface area contributed by atoms with E-state index in [1.165, 1.54) is 0 Å². The molecule has 2 heterocycles. The van der Waals surface area contributed by atoms with Gasteiger partial charge in [-0.2, -0.15) is 0 Å². The van der Waals surface area contributed by atoms with E-state index in [-0.39, 0.29) is 19.7 Å². The minimum atomic E-state index is -0.986. The van der Waals surface area contributed by atoms with Crippen molar-refractivity contribution in [1.82, 2.24) is 14.5 Å². The number of benzene rings is 2. The zero-order chi connectivity index (χ0) is 18.3. The van der Waals surface area contributed by atoms with E-state index in [9.17, 15) is 19.8 Å². The zero-order valence-corrected chi connectivity index (χ0v) is 13.9. The molecule has 0 bridgehead atoms. The normalized spacial score (nSPS) is 14.9. The summed E-state index contributed by atoms with van der Waals surface area (Å²) >= 11 is 0. The molecule has 0 saturated heterocycles. The van der Waals surface area contributed by atoms with Gasteiger partial charge in [0.1, 0.15) is 12.4 Å². The molecule has 1 atom stereocenters. The van der Waals surface area contributed by atoms with Gasteiger partial charge in [-0.15, -0.1) is 0 Å². The molecule has 0 aliphatic carbocycles. The third-order valence-corrected chi connectivity index (χ3v) is 4.54. The Morgan fingerprint density at radius 1 is 0.923 bits per heavy atom. The van der Waals surface area contributed by atoms with Gasteiger partial charge in [-0.3, -0.25) is 14.5 Å². The number of aliphatic hydroxyl groups excluding tert-OH is 2. The average molecular weight is 351 g/mol. The van der Waals surface area contributed by atoms with E-state index in [4.69, 9.17) is 0 Å². The van der Waals surface area contributed by atoms with E-state index in [2.05, 4.69) is 4.98 Å². The lowest BCUT2D eigenvalue weighted by atomic mass is 10.1. The summed E-state index contributed by atoms with van der Waals surface area (Å²) in [4.78, 5) is 30.2. The lowest BCUT2D eigenvalue weighted by molar-refractivity contribution is 0.0520.